The van der Waals surface area contributed by atoms with Crippen molar-refractivity contribution >= 4 is 35.3 Å². The molecule has 0 radical (unpaired) electrons. The fourth-order valence-corrected chi connectivity index (χ4v) is 6.10. The molecule has 4 aliphatic heterocycles. The van der Waals surface area contributed by atoms with E-state index in [1.165, 1.54) is 5.01 Å². The number of hydrazine groups is 1. The summed E-state index contributed by atoms with van der Waals surface area (Å²) in [6.45, 7) is 3.28. The second-order valence-corrected chi connectivity index (χ2v) is 11.3. The number of nitrogens with zero attached hydrogens (tertiary/aromatic N) is 9. The largest absolute Gasteiger partial charge is 0.358 e. The van der Waals surface area contributed by atoms with Crippen molar-refractivity contribution in [1.82, 2.24) is 35.3 Å². The Morgan fingerprint density at radius 3 is 2.53 bits per heavy atom. The molecule has 1 aromatic heterocycles. The monoisotopic (exact) mass is 617 g/mol. The summed E-state index contributed by atoms with van der Waals surface area (Å²) in [6, 6.07) is 2.87. The average molecular weight is 618 g/mol. The maximum absolute atomic E-state index is 13.3. The van der Waals surface area contributed by atoms with Gasteiger partial charge in [0.25, 0.3) is 5.91 Å². The number of carbonyl (C=O) groups excluding carboxylic acids is 3. The fraction of sp³-hybridized carbons (Fsp3) is 0.583. The number of rotatable bonds is 8. The number of carbonyl (C=O) groups is 3. The van der Waals surface area contributed by atoms with E-state index in [4.69, 9.17) is 29.1 Å². The maximum Gasteiger partial charge on any atom is 0.275 e. The van der Waals surface area contributed by atoms with Crippen molar-refractivity contribution in [3.05, 3.63) is 35.5 Å². The van der Waals surface area contributed by atoms with Gasteiger partial charge in [0.2, 0.25) is 17.8 Å². The normalized spacial score (nSPS) is 26.6. The van der Waals surface area contributed by atoms with Crippen LogP contribution in [0.25, 0.3) is 0 Å². The van der Waals surface area contributed by atoms with Crippen LogP contribution < -0.4 is 33.5 Å². The number of hydrogen-bond acceptors (Lipinski definition) is 10. The van der Waals surface area contributed by atoms with Crippen LogP contribution in [0.4, 0.5) is 0 Å². The summed E-state index contributed by atoms with van der Waals surface area (Å²) < 4.78 is 2.08. The minimum absolute atomic E-state index is 0.00256. The van der Waals surface area contributed by atoms with Crippen LogP contribution in [0, 0.1) is 5.92 Å². The molecule has 19 heteroatoms. The lowest BCUT2D eigenvalue weighted by Gasteiger charge is -2.39. The van der Waals surface area contributed by atoms with Crippen molar-refractivity contribution in [3.8, 4) is 0 Å². The second kappa shape index (κ2) is 12.8. The Morgan fingerprint density at radius 1 is 1.09 bits per heavy atom. The minimum Gasteiger partial charge on any atom is -0.358 e. The molecule has 0 aromatic carbocycles. The Bertz CT molecular complexity index is 1320. The van der Waals surface area contributed by atoms with Crippen molar-refractivity contribution < 1.29 is 14.4 Å². The molecule has 3 fully saturated rings. The standard InChI is InChI=1S/C24H36ClN15O3/c25-18-20(34-36-27)30-19(33-35-26)17(29-18)21(42)31-23-32-24(14-40(23)28)4-10-38(11-5-24)22(43)15-12-16(41)39(13-15)9-3-8-37-6-1-2-7-37/h1-2,6-7,15,17,19,29-30H,3-5,8-14,28H2,(H2,26,33)(H2,27,34)(H,31,32,42). The van der Waals surface area contributed by atoms with Crippen LogP contribution in [0.15, 0.2) is 61.2 Å². The molecule has 4 aliphatic rings. The Balaban J connectivity index is 1.14. The molecule has 5 rings (SSSR count). The Kier molecular flexibility index (Phi) is 8.95. The van der Waals surface area contributed by atoms with Gasteiger partial charge in [-0.3, -0.25) is 19.4 Å². The molecule has 3 atom stereocenters. The van der Waals surface area contributed by atoms with Gasteiger partial charge >= 0.3 is 0 Å². The van der Waals surface area contributed by atoms with Crippen molar-refractivity contribution in [2.45, 2.75) is 50.0 Å². The topological polar surface area (TPSA) is 242 Å². The van der Waals surface area contributed by atoms with Crippen molar-refractivity contribution in [2.24, 2.45) is 49.1 Å². The number of piperidine rings is 1. The molecule has 232 valence electrons. The fourth-order valence-electron chi connectivity index (χ4n) is 5.89. The quantitative estimate of drug-likeness (QED) is 0.0867. The van der Waals surface area contributed by atoms with Gasteiger partial charge in [-0.15, -0.1) is 10.2 Å². The van der Waals surface area contributed by atoms with Crippen LogP contribution in [-0.2, 0) is 20.9 Å². The molecular weight excluding hydrogens is 582 g/mol. The van der Waals surface area contributed by atoms with E-state index in [1.54, 1.807) is 4.90 Å². The number of hydrogen-bond donors (Lipinski definition) is 6. The molecule has 1 spiro atoms. The first-order valence-corrected chi connectivity index (χ1v) is 14.3. The lowest BCUT2D eigenvalue weighted by molar-refractivity contribution is -0.137. The van der Waals surface area contributed by atoms with E-state index in [1.807, 2.05) is 29.4 Å². The lowest BCUT2D eigenvalue weighted by Crippen LogP contribution is -2.55. The molecule has 1 aromatic rings. The van der Waals surface area contributed by atoms with Crippen LogP contribution in [0.2, 0.25) is 0 Å². The van der Waals surface area contributed by atoms with Gasteiger partial charge in [0, 0.05) is 51.5 Å². The highest BCUT2D eigenvalue weighted by Crippen LogP contribution is 2.29. The van der Waals surface area contributed by atoms with Gasteiger partial charge in [-0.25, -0.2) is 5.84 Å². The second-order valence-electron chi connectivity index (χ2n) is 11.0. The van der Waals surface area contributed by atoms with E-state index in [0.29, 0.717) is 45.6 Å². The maximum atomic E-state index is 13.3. The van der Waals surface area contributed by atoms with Crippen molar-refractivity contribution in [2.75, 3.05) is 32.7 Å². The molecule has 9 N–H and O–H groups in total. The minimum atomic E-state index is -1.07. The highest BCUT2D eigenvalue weighted by Gasteiger charge is 2.46. The predicted molar refractivity (Wildman–Crippen MR) is 154 cm³/mol. The number of likely N-dealkylation sites (tertiary alicyclic amines) is 2. The van der Waals surface area contributed by atoms with Crippen molar-refractivity contribution in [1.29, 1.82) is 0 Å². The molecule has 3 unspecified atom stereocenters. The van der Waals surface area contributed by atoms with Gasteiger partial charge in [0.05, 0.1) is 18.0 Å². The van der Waals surface area contributed by atoms with Crippen molar-refractivity contribution in [3.63, 3.8) is 0 Å². The van der Waals surface area contributed by atoms with Gasteiger partial charge < -0.3 is 42.0 Å². The summed E-state index contributed by atoms with van der Waals surface area (Å²) in [5.74, 6) is 15.8. The highest BCUT2D eigenvalue weighted by atomic mass is 35.5. The number of aromatic nitrogens is 1. The van der Waals surface area contributed by atoms with Crippen LogP contribution in [0.5, 0.6) is 0 Å². The van der Waals surface area contributed by atoms with Crippen LogP contribution in [0.3, 0.4) is 0 Å². The number of nitrogens with one attached hydrogen (secondary N) is 3. The van der Waals surface area contributed by atoms with Gasteiger partial charge in [-0.2, -0.15) is 4.99 Å². The third-order valence-corrected chi connectivity index (χ3v) is 8.44. The first-order valence-electron chi connectivity index (χ1n) is 14.0. The number of aryl methyl sites for hydroxylation is 1. The molecule has 0 saturated carbocycles. The Morgan fingerprint density at radius 2 is 1.84 bits per heavy atom. The average Bonchev–Trinajstić information content (AvgIpc) is 3.71. The van der Waals surface area contributed by atoms with Gasteiger partial charge in [0.15, 0.2) is 18.0 Å². The van der Waals surface area contributed by atoms with E-state index in [2.05, 4.69) is 46.2 Å². The zero-order valence-electron chi connectivity index (χ0n) is 23.5. The summed E-state index contributed by atoms with van der Waals surface area (Å²) in [7, 11) is 0. The Hall–Kier alpha value is -4.45. The lowest BCUT2D eigenvalue weighted by atomic mass is 9.88. The third kappa shape index (κ3) is 6.64. The van der Waals surface area contributed by atoms with Crippen LogP contribution in [0.1, 0.15) is 25.7 Å². The summed E-state index contributed by atoms with van der Waals surface area (Å²) in [4.78, 5) is 46.8. The molecule has 3 saturated heterocycles. The molecular formula is C24H36ClN15O3. The molecule has 3 amide bonds. The Labute approximate surface area is 252 Å². The van der Waals surface area contributed by atoms with E-state index in [9.17, 15) is 14.4 Å². The first-order chi connectivity index (χ1) is 20.7. The zero-order valence-corrected chi connectivity index (χ0v) is 24.2. The smallest absolute Gasteiger partial charge is 0.275 e. The number of nitrogens with two attached hydrogens (primary N) is 3. The number of aliphatic imine (C=N–C) groups is 1. The summed E-state index contributed by atoms with van der Waals surface area (Å²) in [5, 5.41) is 24.0. The molecule has 18 nitrogen and oxygen atoms in total. The number of amides is 3. The zero-order chi connectivity index (χ0) is 30.6. The van der Waals surface area contributed by atoms with Crippen LogP contribution in [-0.4, -0.2) is 93.5 Å². The predicted octanol–water partition coefficient (Wildman–Crippen LogP) is -1.35. The number of halogens is 1. The van der Waals surface area contributed by atoms with Gasteiger partial charge in [-0.05, 0) is 31.4 Å². The van der Waals surface area contributed by atoms with Crippen LogP contribution >= 0.6 is 11.6 Å². The first kappa shape index (κ1) is 30.0. The molecule has 0 bridgehead atoms. The van der Waals surface area contributed by atoms with E-state index < -0.39 is 23.7 Å². The summed E-state index contributed by atoms with van der Waals surface area (Å²) in [5.41, 5.74) is -0.471. The van der Waals surface area contributed by atoms with E-state index in [0.717, 1.165) is 13.0 Å². The molecule has 0 aliphatic carbocycles. The summed E-state index contributed by atoms with van der Waals surface area (Å²) >= 11 is 6.16. The van der Waals surface area contributed by atoms with Gasteiger partial charge in [0.1, 0.15) is 5.16 Å². The number of guanidine groups is 1. The SMILES string of the molecule is NN=NC1=C(Cl)NC(C(=O)/N=C2/NC3(CCN(C(=O)C4CC(=O)N(CCCn5cccc5)C4)CC3)CN2N)C(N=NN)N1. The van der Waals surface area contributed by atoms with E-state index in [-0.39, 0.29) is 41.1 Å². The molecule has 43 heavy (non-hydrogen) atoms. The van der Waals surface area contributed by atoms with Gasteiger partial charge in [-0.1, -0.05) is 22.0 Å². The summed E-state index contributed by atoms with van der Waals surface area (Å²) in [6.07, 6.45) is 5.26. The highest BCUT2D eigenvalue weighted by molar-refractivity contribution is 6.29. The third-order valence-electron chi connectivity index (χ3n) is 8.15. The molecule has 5 heterocycles. The van der Waals surface area contributed by atoms with E-state index >= 15 is 0 Å².